The molecule has 6 aromatic rings. The smallest absolute Gasteiger partial charge is 0.0570 e. The first kappa shape index (κ1) is 14.6. The van der Waals surface area contributed by atoms with Crippen molar-refractivity contribution in [2.24, 2.45) is 0 Å². The summed E-state index contributed by atoms with van der Waals surface area (Å²) in [6, 6.07) is 30.4. The summed E-state index contributed by atoms with van der Waals surface area (Å²) in [4.78, 5) is 3.59. The SMILES string of the molecule is Cc1cccc2c3cc4[nH]c5ccccc5c4cc3n(-c3ccccc3)c12. The van der Waals surface area contributed by atoms with Crippen molar-refractivity contribution < 1.29 is 0 Å². The Hall–Kier alpha value is -3.52. The zero-order chi connectivity index (χ0) is 18.0. The van der Waals surface area contributed by atoms with E-state index < -0.39 is 0 Å². The van der Waals surface area contributed by atoms with E-state index in [9.17, 15) is 0 Å². The van der Waals surface area contributed by atoms with Crippen LogP contribution in [0.15, 0.2) is 84.9 Å². The lowest BCUT2D eigenvalue weighted by Gasteiger charge is -2.09. The first-order valence-electron chi connectivity index (χ1n) is 9.31. The predicted molar refractivity (Wildman–Crippen MR) is 115 cm³/mol. The van der Waals surface area contributed by atoms with Gasteiger partial charge >= 0.3 is 0 Å². The van der Waals surface area contributed by atoms with E-state index in [1.165, 1.54) is 54.9 Å². The van der Waals surface area contributed by atoms with E-state index in [0.717, 1.165) is 0 Å². The van der Waals surface area contributed by atoms with Gasteiger partial charge in [0.25, 0.3) is 0 Å². The number of hydrogen-bond donors (Lipinski definition) is 1. The minimum Gasteiger partial charge on any atom is -0.354 e. The molecule has 2 heterocycles. The molecule has 2 heteroatoms. The van der Waals surface area contributed by atoms with Gasteiger partial charge in [-0.25, -0.2) is 0 Å². The Balaban J connectivity index is 1.88. The molecule has 2 aromatic heterocycles. The number of H-pyrrole nitrogens is 1. The first-order valence-corrected chi connectivity index (χ1v) is 9.31. The Morgan fingerprint density at radius 2 is 1.41 bits per heavy atom. The van der Waals surface area contributed by atoms with Gasteiger partial charge in [-0.2, -0.15) is 0 Å². The predicted octanol–water partition coefficient (Wildman–Crippen LogP) is 6.73. The zero-order valence-electron chi connectivity index (χ0n) is 15.0. The summed E-state index contributed by atoms with van der Waals surface area (Å²) in [5.74, 6) is 0. The summed E-state index contributed by atoms with van der Waals surface area (Å²) in [5.41, 5.74) is 7.41. The van der Waals surface area contributed by atoms with Crippen molar-refractivity contribution in [2.75, 3.05) is 0 Å². The first-order chi connectivity index (χ1) is 13.3. The second-order valence-electron chi connectivity index (χ2n) is 7.23. The third kappa shape index (κ3) is 1.95. The molecule has 1 N–H and O–H groups in total. The molecule has 0 aliphatic rings. The van der Waals surface area contributed by atoms with Crippen molar-refractivity contribution in [1.29, 1.82) is 0 Å². The molecule has 4 aromatic carbocycles. The van der Waals surface area contributed by atoms with Gasteiger partial charge in [0, 0.05) is 38.3 Å². The van der Waals surface area contributed by atoms with Crippen molar-refractivity contribution in [1.82, 2.24) is 9.55 Å². The van der Waals surface area contributed by atoms with Crippen molar-refractivity contribution in [3.63, 3.8) is 0 Å². The molecule has 0 amide bonds. The molecule has 0 spiro atoms. The van der Waals surface area contributed by atoms with Crippen LogP contribution < -0.4 is 0 Å². The standard InChI is InChI=1S/C25H18N2/c1-16-8-7-12-19-21-14-23-20(18-11-5-6-13-22(18)26-23)15-24(21)27(25(16)19)17-9-3-2-4-10-17/h2-15,26H,1H3. The van der Waals surface area contributed by atoms with Crippen LogP contribution >= 0.6 is 0 Å². The molecular formula is C25H18N2. The third-order valence-corrected chi connectivity index (χ3v) is 5.63. The van der Waals surface area contributed by atoms with Crippen LogP contribution in [0.25, 0.3) is 49.3 Å². The van der Waals surface area contributed by atoms with Gasteiger partial charge in [-0.15, -0.1) is 0 Å². The van der Waals surface area contributed by atoms with Crippen LogP contribution in [0.5, 0.6) is 0 Å². The molecule has 0 bridgehead atoms. The van der Waals surface area contributed by atoms with Gasteiger partial charge in [0.15, 0.2) is 0 Å². The van der Waals surface area contributed by atoms with Crippen molar-refractivity contribution in [2.45, 2.75) is 6.92 Å². The summed E-state index contributed by atoms with van der Waals surface area (Å²) in [5, 5.41) is 5.14. The molecule has 0 atom stereocenters. The van der Waals surface area contributed by atoms with E-state index in [0.29, 0.717) is 0 Å². The summed E-state index contributed by atoms with van der Waals surface area (Å²) < 4.78 is 2.40. The third-order valence-electron chi connectivity index (χ3n) is 5.63. The number of benzene rings is 4. The molecule has 0 unspecified atom stereocenters. The van der Waals surface area contributed by atoms with Gasteiger partial charge in [-0.05, 0) is 42.8 Å². The lowest BCUT2D eigenvalue weighted by molar-refractivity contribution is 1.17. The lowest BCUT2D eigenvalue weighted by atomic mass is 10.1. The minimum atomic E-state index is 1.19. The lowest BCUT2D eigenvalue weighted by Crippen LogP contribution is -1.94. The van der Waals surface area contributed by atoms with E-state index in [4.69, 9.17) is 0 Å². The second kappa shape index (κ2) is 5.24. The normalized spacial score (nSPS) is 11.9. The van der Waals surface area contributed by atoms with Gasteiger partial charge in [-0.3, -0.25) is 0 Å². The average Bonchev–Trinajstić information content (AvgIpc) is 3.23. The second-order valence-corrected chi connectivity index (χ2v) is 7.23. The number of nitrogens with zero attached hydrogens (tertiary/aromatic N) is 1. The number of aryl methyl sites for hydroxylation is 1. The number of aromatic amines is 1. The highest BCUT2D eigenvalue weighted by molar-refractivity contribution is 6.18. The maximum absolute atomic E-state index is 3.59. The van der Waals surface area contributed by atoms with Crippen LogP contribution in [0, 0.1) is 6.92 Å². The van der Waals surface area contributed by atoms with E-state index in [2.05, 4.69) is 101 Å². The van der Waals surface area contributed by atoms with Gasteiger partial charge < -0.3 is 9.55 Å². The fraction of sp³-hybridized carbons (Fsp3) is 0.0400. The summed E-state index contributed by atoms with van der Waals surface area (Å²) in [6.07, 6.45) is 0. The Morgan fingerprint density at radius 3 is 2.30 bits per heavy atom. The van der Waals surface area contributed by atoms with E-state index in [-0.39, 0.29) is 0 Å². The average molecular weight is 346 g/mol. The summed E-state index contributed by atoms with van der Waals surface area (Å²) >= 11 is 0. The number of aromatic nitrogens is 2. The zero-order valence-corrected chi connectivity index (χ0v) is 15.0. The fourth-order valence-corrected chi connectivity index (χ4v) is 4.43. The van der Waals surface area contributed by atoms with E-state index in [1.54, 1.807) is 0 Å². The number of nitrogens with one attached hydrogen (secondary N) is 1. The number of para-hydroxylation sites is 3. The number of rotatable bonds is 1. The highest BCUT2D eigenvalue weighted by atomic mass is 15.0. The van der Waals surface area contributed by atoms with Crippen molar-refractivity contribution in [3.8, 4) is 5.69 Å². The molecule has 6 rings (SSSR count). The fourth-order valence-electron chi connectivity index (χ4n) is 4.43. The van der Waals surface area contributed by atoms with Crippen LogP contribution in [0.1, 0.15) is 5.56 Å². The molecule has 2 nitrogen and oxygen atoms in total. The molecule has 0 aliphatic carbocycles. The quantitative estimate of drug-likeness (QED) is 0.341. The molecule has 0 fully saturated rings. The Morgan fingerprint density at radius 1 is 0.630 bits per heavy atom. The maximum Gasteiger partial charge on any atom is 0.0570 e. The van der Waals surface area contributed by atoms with Crippen LogP contribution in [-0.2, 0) is 0 Å². The molecule has 0 saturated carbocycles. The molecule has 27 heavy (non-hydrogen) atoms. The maximum atomic E-state index is 3.59. The van der Waals surface area contributed by atoms with Crippen molar-refractivity contribution in [3.05, 3.63) is 90.5 Å². The highest BCUT2D eigenvalue weighted by Gasteiger charge is 2.16. The van der Waals surface area contributed by atoms with Crippen molar-refractivity contribution >= 4 is 43.6 Å². The molecule has 128 valence electrons. The molecule has 0 radical (unpaired) electrons. The van der Waals surface area contributed by atoms with Crippen LogP contribution in [-0.4, -0.2) is 9.55 Å². The molecule has 0 saturated heterocycles. The Kier molecular flexibility index (Phi) is 2.84. The Bertz CT molecular complexity index is 1470. The number of hydrogen-bond acceptors (Lipinski definition) is 0. The minimum absolute atomic E-state index is 1.19. The summed E-state index contributed by atoms with van der Waals surface area (Å²) in [6.45, 7) is 2.20. The van der Waals surface area contributed by atoms with E-state index >= 15 is 0 Å². The van der Waals surface area contributed by atoms with Crippen LogP contribution in [0.3, 0.4) is 0 Å². The summed E-state index contributed by atoms with van der Waals surface area (Å²) in [7, 11) is 0. The van der Waals surface area contributed by atoms with Gasteiger partial charge in [0.05, 0.1) is 11.0 Å². The van der Waals surface area contributed by atoms with Crippen LogP contribution in [0.2, 0.25) is 0 Å². The van der Waals surface area contributed by atoms with E-state index in [1.807, 2.05) is 0 Å². The van der Waals surface area contributed by atoms with Gasteiger partial charge in [-0.1, -0.05) is 54.6 Å². The molecular weight excluding hydrogens is 328 g/mol. The van der Waals surface area contributed by atoms with Gasteiger partial charge in [0.1, 0.15) is 0 Å². The Labute approximate surface area is 156 Å². The topological polar surface area (TPSA) is 20.7 Å². The monoisotopic (exact) mass is 346 g/mol. The number of fused-ring (bicyclic) bond motifs is 6. The van der Waals surface area contributed by atoms with Crippen LogP contribution in [0.4, 0.5) is 0 Å². The largest absolute Gasteiger partial charge is 0.354 e. The van der Waals surface area contributed by atoms with Gasteiger partial charge in [0.2, 0.25) is 0 Å². The molecule has 0 aliphatic heterocycles. The highest BCUT2D eigenvalue weighted by Crippen LogP contribution is 2.37.